The number of likely N-dealkylation sites (tertiary alicyclic amines) is 1. The molecule has 1 atom stereocenters. The van der Waals surface area contributed by atoms with Crippen molar-refractivity contribution in [2.75, 3.05) is 20.8 Å². The van der Waals surface area contributed by atoms with Crippen molar-refractivity contribution in [2.24, 2.45) is 0 Å². The summed E-state index contributed by atoms with van der Waals surface area (Å²) in [4.78, 5) is 32.0. The van der Waals surface area contributed by atoms with E-state index in [2.05, 4.69) is 4.98 Å². The summed E-state index contributed by atoms with van der Waals surface area (Å²) in [6, 6.07) is 14.6. The molecular formula is C27H26N2O6. The first-order valence-electron chi connectivity index (χ1n) is 11.1. The van der Waals surface area contributed by atoms with Crippen molar-refractivity contribution in [2.45, 2.75) is 19.5 Å². The van der Waals surface area contributed by atoms with Crippen LogP contribution in [-0.4, -0.2) is 47.5 Å². The summed E-state index contributed by atoms with van der Waals surface area (Å²) < 4.78 is 16.3. The van der Waals surface area contributed by atoms with Gasteiger partial charge in [0.25, 0.3) is 11.7 Å². The number of methoxy groups -OCH3 is 2. The maximum Gasteiger partial charge on any atom is 0.295 e. The van der Waals surface area contributed by atoms with E-state index in [1.54, 1.807) is 67.0 Å². The van der Waals surface area contributed by atoms with E-state index in [1.807, 2.05) is 6.92 Å². The number of hydrogen-bond donors (Lipinski definition) is 1. The van der Waals surface area contributed by atoms with E-state index in [0.29, 0.717) is 35.0 Å². The van der Waals surface area contributed by atoms with E-state index in [0.717, 1.165) is 5.56 Å². The highest BCUT2D eigenvalue weighted by Gasteiger charge is 2.46. The summed E-state index contributed by atoms with van der Waals surface area (Å²) in [7, 11) is 3.03. The molecule has 0 radical (unpaired) electrons. The maximum atomic E-state index is 13.3. The minimum atomic E-state index is -0.848. The lowest BCUT2D eigenvalue weighted by Gasteiger charge is -2.26. The maximum absolute atomic E-state index is 13.3. The van der Waals surface area contributed by atoms with Crippen LogP contribution in [0.5, 0.6) is 17.2 Å². The van der Waals surface area contributed by atoms with Crippen molar-refractivity contribution in [3.63, 3.8) is 0 Å². The standard InChI is InChI=1S/C27H26N2O6/c1-4-35-20-7-5-6-19(14-20)25(30)23-24(18-8-9-21(33-2)22(15-18)34-3)29(27(32)26(23)31)16-17-10-12-28-13-11-17/h5-15,24,30H,4,16H2,1-3H3/b25-23+. The van der Waals surface area contributed by atoms with Crippen molar-refractivity contribution in [3.05, 3.63) is 89.3 Å². The molecule has 1 amide bonds. The van der Waals surface area contributed by atoms with Gasteiger partial charge >= 0.3 is 0 Å². The van der Waals surface area contributed by atoms with Gasteiger partial charge in [-0.2, -0.15) is 0 Å². The van der Waals surface area contributed by atoms with Gasteiger partial charge in [0.15, 0.2) is 11.5 Å². The van der Waals surface area contributed by atoms with Crippen LogP contribution in [-0.2, 0) is 16.1 Å². The second kappa shape index (κ2) is 10.3. The Bertz CT molecular complexity index is 1270. The van der Waals surface area contributed by atoms with Crippen LogP contribution in [0.3, 0.4) is 0 Å². The summed E-state index contributed by atoms with van der Waals surface area (Å²) in [6.07, 6.45) is 3.24. The number of ether oxygens (including phenoxy) is 3. The fraction of sp³-hybridized carbons (Fsp3) is 0.222. The highest BCUT2D eigenvalue weighted by atomic mass is 16.5. The second-order valence-corrected chi connectivity index (χ2v) is 7.86. The van der Waals surface area contributed by atoms with Crippen LogP contribution in [0.1, 0.15) is 29.7 Å². The number of Topliss-reactive ketones (excluding diaryl/α,β-unsaturated/α-hetero) is 1. The Labute approximate surface area is 203 Å². The first kappa shape index (κ1) is 23.8. The molecule has 8 heteroatoms. The smallest absolute Gasteiger partial charge is 0.295 e. The topological polar surface area (TPSA) is 98.2 Å². The Morgan fingerprint density at radius 1 is 1.00 bits per heavy atom. The van der Waals surface area contributed by atoms with Gasteiger partial charge in [-0.25, -0.2) is 0 Å². The third-order valence-electron chi connectivity index (χ3n) is 5.78. The van der Waals surface area contributed by atoms with Gasteiger partial charge < -0.3 is 24.2 Å². The SMILES string of the molecule is CCOc1cccc(/C(O)=C2\C(=O)C(=O)N(Cc3ccncc3)C2c2ccc(OC)c(OC)c2)c1. The Kier molecular flexibility index (Phi) is 7.01. The number of carbonyl (C=O) groups is 2. The Morgan fingerprint density at radius 2 is 1.74 bits per heavy atom. The van der Waals surface area contributed by atoms with Gasteiger partial charge in [-0.3, -0.25) is 14.6 Å². The van der Waals surface area contributed by atoms with E-state index in [9.17, 15) is 14.7 Å². The molecule has 1 fully saturated rings. The number of pyridine rings is 1. The number of amides is 1. The zero-order valence-electron chi connectivity index (χ0n) is 19.7. The van der Waals surface area contributed by atoms with Crippen molar-refractivity contribution in [1.82, 2.24) is 9.88 Å². The van der Waals surface area contributed by atoms with E-state index in [1.165, 1.54) is 19.1 Å². The average molecular weight is 475 g/mol. The molecule has 0 aliphatic carbocycles. The number of carbonyl (C=O) groups excluding carboxylic acids is 2. The monoisotopic (exact) mass is 474 g/mol. The number of rotatable bonds is 8. The molecule has 1 aliphatic rings. The van der Waals surface area contributed by atoms with E-state index in [4.69, 9.17) is 14.2 Å². The third kappa shape index (κ3) is 4.68. The predicted octanol–water partition coefficient (Wildman–Crippen LogP) is 4.12. The molecule has 3 aromatic rings. The summed E-state index contributed by atoms with van der Waals surface area (Å²) >= 11 is 0. The van der Waals surface area contributed by atoms with Gasteiger partial charge in [0.05, 0.1) is 32.4 Å². The molecule has 1 N–H and O–H groups in total. The zero-order chi connectivity index (χ0) is 24.9. The van der Waals surface area contributed by atoms with E-state index in [-0.39, 0.29) is 17.9 Å². The van der Waals surface area contributed by atoms with E-state index >= 15 is 0 Å². The lowest BCUT2D eigenvalue weighted by Crippen LogP contribution is -2.29. The highest BCUT2D eigenvalue weighted by Crippen LogP contribution is 2.42. The molecule has 8 nitrogen and oxygen atoms in total. The van der Waals surface area contributed by atoms with Crippen LogP contribution >= 0.6 is 0 Å². The Hall–Kier alpha value is -4.33. The van der Waals surface area contributed by atoms with Crippen LogP contribution in [0.15, 0.2) is 72.6 Å². The molecule has 1 unspecified atom stereocenters. The van der Waals surface area contributed by atoms with Crippen LogP contribution < -0.4 is 14.2 Å². The summed E-state index contributed by atoms with van der Waals surface area (Å²) in [5.41, 5.74) is 1.76. The molecule has 0 bridgehead atoms. The highest BCUT2D eigenvalue weighted by molar-refractivity contribution is 6.46. The fourth-order valence-corrected chi connectivity index (χ4v) is 4.15. The molecule has 2 aromatic carbocycles. The Balaban J connectivity index is 1.88. The number of benzene rings is 2. The normalized spacial score (nSPS) is 16.9. The van der Waals surface area contributed by atoms with Gasteiger partial charge in [0.1, 0.15) is 11.5 Å². The second-order valence-electron chi connectivity index (χ2n) is 7.86. The lowest BCUT2D eigenvalue weighted by molar-refractivity contribution is -0.140. The molecule has 0 spiro atoms. The largest absolute Gasteiger partial charge is 0.507 e. The zero-order valence-corrected chi connectivity index (χ0v) is 19.7. The molecule has 4 rings (SSSR count). The molecule has 1 aliphatic heterocycles. The quantitative estimate of drug-likeness (QED) is 0.298. The van der Waals surface area contributed by atoms with E-state index < -0.39 is 17.7 Å². The van der Waals surface area contributed by atoms with Crippen molar-refractivity contribution in [3.8, 4) is 17.2 Å². The van der Waals surface area contributed by atoms with Gasteiger partial charge in [0, 0.05) is 24.5 Å². The van der Waals surface area contributed by atoms with Crippen molar-refractivity contribution >= 4 is 17.4 Å². The van der Waals surface area contributed by atoms with Gasteiger partial charge in [-0.15, -0.1) is 0 Å². The van der Waals surface area contributed by atoms with Crippen molar-refractivity contribution in [1.29, 1.82) is 0 Å². The number of aliphatic hydroxyl groups excluding tert-OH is 1. The minimum absolute atomic E-state index is 0.00933. The average Bonchev–Trinajstić information content (AvgIpc) is 3.13. The number of aromatic nitrogens is 1. The first-order valence-corrected chi connectivity index (χ1v) is 11.1. The van der Waals surface area contributed by atoms with Gasteiger partial charge in [-0.05, 0) is 54.4 Å². The van der Waals surface area contributed by atoms with Gasteiger partial charge in [0.2, 0.25) is 0 Å². The fourth-order valence-electron chi connectivity index (χ4n) is 4.15. The molecule has 35 heavy (non-hydrogen) atoms. The molecule has 0 saturated carbocycles. The number of ketones is 1. The number of nitrogens with zero attached hydrogens (tertiary/aromatic N) is 2. The van der Waals surface area contributed by atoms with Crippen LogP contribution in [0.25, 0.3) is 5.76 Å². The first-order chi connectivity index (χ1) is 17.0. The molecule has 1 saturated heterocycles. The summed E-state index contributed by atoms with van der Waals surface area (Å²) in [5, 5.41) is 11.3. The summed E-state index contributed by atoms with van der Waals surface area (Å²) in [6.45, 7) is 2.46. The Morgan fingerprint density at radius 3 is 2.43 bits per heavy atom. The molecule has 2 heterocycles. The molecular weight excluding hydrogens is 448 g/mol. The minimum Gasteiger partial charge on any atom is -0.507 e. The molecule has 1 aromatic heterocycles. The van der Waals surface area contributed by atoms with Crippen LogP contribution in [0.4, 0.5) is 0 Å². The van der Waals surface area contributed by atoms with Crippen LogP contribution in [0.2, 0.25) is 0 Å². The third-order valence-corrected chi connectivity index (χ3v) is 5.78. The number of aliphatic hydroxyl groups is 1. The number of hydrogen-bond acceptors (Lipinski definition) is 7. The van der Waals surface area contributed by atoms with Crippen LogP contribution in [0, 0.1) is 0 Å². The predicted molar refractivity (Wildman–Crippen MR) is 129 cm³/mol. The summed E-state index contributed by atoms with van der Waals surface area (Å²) in [5.74, 6) is -0.251. The van der Waals surface area contributed by atoms with Gasteiger partial charge in [-0.1, -0.05) is 18.2 Å². The van der Waals surface area contributed by atoms with Crippen molar-refractivity contribution < 1.29 is 28.9 Å². The lowest BCUT2D eigenvalue weighted by atomic mass is 9.94. The molecule has 180 valence electrons.